The SMILES string of the molecule is Cc1cccc(C2(O)CCN(CC3(O)CCOCC3)CC2)c1. The van der Waals surface area contributed by atoms with Gasteiger partial charge >= 0.3 is 0 Å². The molecule has 4 nitrogen and oxygen atoms in total. The van der Waals surface area contributed by atoms with Gasteiger partial charge in [0.05, 0.1) is 11.2 Å². The van der Waals surface area contributed by atoms with E-state index in [9.17, 15) is 10.2 Å². The number of ether oxygens (including phenoxy) is 1. The molecule has 4 heteroatoms. The highest BCUT2D eigenvalue weighted by Gasteiger charge is 2.37. The standard InChI is InChI=1S/C18H27NO3/c1-15-3-2-4-16(13-15)18(21)5-9-19(10-6-18)14-17(20)7-11-22-12-8-17/h2-4,13,20-21H,5-12,14H2,1H3. The van der Waals surface area contributed by atoms with E-state index in [1.165, 1.54) is 5.56 Å². The Bertz CT molecular complexity index is 503. The van der Waals surface area contributed by atoms with Crippen molar-refractivity contribution < 1.29 is 14.9 Å². The predicted octanol–water partition coefficient (Wildman–Crippen LogP) is 1.82. The Kier molecular flexibility index (Phi) is 4.55. The summed E-state index contributed by atoms with van der Waals surface area (Å²) in [5.41, 5.74) is 0.875. The van der Waals surface area contributed by atoms with E-state index >= 15 is 0 Å². The number of rotatable bonds is 3. The van der Waals surface area contributed by atoms with Gasteiger partial charge in [0.15, 0.2) is 0 Å². The van der Waals surface area contributed by atoms with Gasteiger partial charge in [-0.15, -0.1) is 0 Å². The quantitative estimate of drug-likeness (QED) is 0.894. The van der Waals surface area contributed by atoms with E-state index < -0.39 is 11.2 Å². The summed E-state index contributed by atoms with van der Waals surface area (Å²) in [6.45, 7) is 5.71. The van der Waals surface area contributed by atoms with Gasteiger partial charge in [0.2, 0.25) is 0 Å². The highest BCUT2D eigenvalue weighted by Crippen LogP contribution is 2.34. The number of piperidine rings is 1. The van der Waals surface area contributed by atoms with Gasteiger partial charge in [-0.3, -0.25) is 0 Å². The molecule has 0 atom stereocenters. The molecule has 2 aliphatic heterocycles. The first-order valence-electron chi connectivity index (χ1n) is 8.31. The van der Waals surface area contributed by atoms with Crippen molar-refractivity contribution in [3.8, 4) is 0 Å². The van der Waals surface area contributed by atoms with Crippen molar-refractivity contribution in [2.45, 2.75) is 43.8 Å². The number of hydrogen-bond acceptors (Lipinski definition) is 4. The molecule has 0 amide bonds. The Hall–Kier alpha value is -0.940. The van der Waals surface area contributed by atoms with Crippen LogP contribution in [0.1, 0.15) is 36.8 Å². The van der Waals surface area contributed by atoms with Crippen LogP contribution in [0, 0.1) is 6.92 Å². The monoisotopic (exact) mass is 305 g/mol. The van der Waals surface area contributed by atoms with Crippen molar-refractivity contribution in [2.75, 3.05) is 32.8 Å². The zero-order valence-corrected chi connectivity index (χ0v) is 13.4. The first kappa shape index (κ1) is 15.9. The number of aliphatic hydroxyl groups is 2. The average molecular weight is 305 g/mol. The predicted molar refractivity (Wildman–Crippen MR) is 85.8 cm³/mol. The largest absolute Gasteiger partial charge is 0.388 e. The van der Waals surface area contributed by atoms with Crippen LogP contribution in [0.5, 0.6) is 0 Å². The summed E-state index contributed by atoms with van der Waals surface area (Å²) < 4.78 is 5.34. The third kappa shape index (κ3) is 3.51. The lowest BCUT2D eigenvalue weighted by atomic mass is 9.83. The summed E-state index contributed by atoms with van der Waals surface area (Å²) in [4.78, 5) is 2.29. The van der Waals surface area contributed by atoms with Crippen LogP contribution in [-0.4, -0.2) is 53.6 Å². The summed E-state index contributed by atoms with van der Waals surface area (Å²) in [7, 11) is 0. The summed E-state index contributed by atoms with van der Waals surface area (Å²) >= 11 is 0. The number of benzene rings is 1. The van der Waals surface area contributed by atoms with E-state index in [2.05, 4.69) is 24.0 Å². The van der Waals surface area contributed by atoms with E-state index in [-0.39, 0.29) is 0 Å². The van der Waals surface area contributed by atoms with Gasteiger partial charge < -0.3 is 19.8 Å². The average Bonchev–Trinajstić information content (AvgIpc) is 2.50. The van der Waals surface area contributed by atoms with Crippen LogP contribution in [0.2, 0.25) is 0 Å². The van der Waals surface area contributed by atoms with Crippen LogP contribution in [-0.2, 0) is 10.3 Å². The third-order valence-corrected chi connectivity index (χ3v) is 5.18. The molecule has 0 aliphatic carbocycles. The third-order valence-electron chi connectivity index (χ3n) is 5.18. The second kappa shape index (κ2) is 6.28. The number of aryl methyl sites for hydroxylation is 1. The minimum Gasteiger partial charge on any atom is -0.388 e. The van der Waals surface area contributed by atoms with Crippen LogP contribution < -0.4 is 0 Å². The molecule has 2 saturated heterocycles. The lowest BCUT2D eigenvalue weighted by Gasteiger charge is -2.42. The van der Waals surface area contributed by atoms with Crippen molar-refractivity contribution in [1.29, 1.82) is 0 Å². The minimum atomic E-state index is -0.721. The maximum absolute atomic E-state index is 10.9. The van der Waals surface area contributed by atoms with E-state index in [0.717, 1.165) is 31.5 Å². The Balaban J connectivity index is 1.60. The molecule has 0 spiro atoms. The zero-order valence-electron chi connectivity index (χ0n) is 13.4. The second-order valence-electron chi connectivity index (χ2n) is 7.01. The molecular formula is C18H27NO3. The molecule has 2 fully saturated rings. The lowest BCUT2D eigenvalue weighted by Crippen LogP contribution is -2.51. The lowest BCUT2D eigenvalue weighted by molar-refractivity contribution is -0.0954. The Morgan fingerprint density at radius 2 is 1.77 bits per heavy atom. The Labute approximate surface area is 132 Å². The van der Waals surface area contributed by atoms with Crippen LogP contribution in [0.25, 0.3) is 0 Å². The van der Waals surface area contributed by atoms with Gasteiger partial charge in [-0.25, -0.2) is 0 Å². The molecule has 122 valence electrons. The molecule has 1 aromatic rings. The van der Waals surface area contributed by atoms with Gasteiger partial charge in [-0.1, -0.05) is 29.8 Å². The summed E-state index contributed by atoms with van der Waals surface area (Å²) in [5.74, 6) is 0. The molecule has 1 aromatic carbocycles. The molecular weight excluding hydrogens is 278 g/mol. The van der Waals surface area contributed by atoms with Gasteiger partial charge in [0, 0.05) is 45.7 Å². The van der Waals surface area contributed by atoms with Gasteiger partial charge in [0.1, 0.15) is 0 Å². The van der Waals surface area contributed by atoms with Crippen LogP contribution in [0.15, 0.2) is 24.3 Å². The summed E-state index contributed by atoms with van der Waals surface area (Å²) in [5, 5.41) is 21.6. The smallest absolute Gasteiger partial charge is 0.0921 e. The highest BCUT2D eigenvalue weighted by atomic mass is 16.5. The van der Waals surface area contributed by atoms with Crippen molar-refractivity contribution in [3.63, 3.8) is 0 Å². The maximum atomic E-state index is 10.9. The summed E-state index contributed by atoms with van der Waals surface area (Å²) in [6, 6.07) is 8.18. The molecule has 22 heavy (non-hydrogen) atoms. The molecule has 2 heterocycles. The number of nitrogens with zero attached hydrogens (tertiary/aromatic N) is 1. The van der Waals surface area contributed by atoms with Crippen molar-refractivity contribution in [2.24, 2.45) is 0 Å². The molecule has 0 aromatic heterocycles. The zero-order chi connectivity index (χ0) is 15.6. The summed E-state index contributed by atoms with van der Waals surface area (Å²) in [6.07, 6.45) is 2.88. The van der Waals surface area contributed by atoms with Gasteiger partial charge in [-0.05, 0) is 25.3 Å². The first-order valence-corrected chi connectivity index (χ1v) is 8.31. The molecule has 0 radical (unpaired) electrons. The molecule has 2 aliphatic rings. The van der Waals surface area contributed by atoms with Crippen LogP contribution >= 0.6 is 0 Å². The van der Waals surface area contributed by atoms with Crippen LogP contribution in [0.3, 0.4) is 0 Å². The minimum absolute atomic E-state index is 0.614. The molecule has 3 rings (SSSR count). The molecule has 0 bridgehead atoms. The van der Waals surface area contributed by atoms with E-state index in [1.807, 2.05) is 12.1 Å². The van der Waals surface area contributed by atoms with Crippen molar-refractivity contribution in [1.82, 2.24) is 4.90 Å². The van der Waals surface area contributed by atoms with Gasteiger partial charge in [0.25, 0.3) is 0 Å². The van der Waals surface area contributed by atoms with E-state index in [0.29, 0.717) is 32.6 Å². The fourth-order valence-electron chi connectivity index (χ4n) is 3.63. The van der Waals surface area contributed by atoms with Crippen molar-refractivity contribution in [3.05, 3.63) is 35.4 Å². The molecule has 0 unspecified atom stereocenters. The fraction of sp³-hybridized carbons (Fsp3) is 0.667. The number of hydrogen-bond donors (Lipinski definition) is 2. The highest BCUT2D eigenvalue weighted by molar-refractivity contribution is 5.28. The molecule has 2 N–H and O–H groups in total. The first-order chi connectivity index (χ1) is 10.5. The Morgan fingerprint density at radius 1 is 1.09 bits per heavy atom. The number of likely N-dealkylation sites (tertiary alicyclic amines) is 1. The normalized spacial score (nSPS) is 25.0. The van der Waals surface area contributed by atoms with Crippen LogP contribution in [0.4, 0.5) is 0 Å². The topological polar surface area (TPSA) is 52.9 Å². The number of β-amino-alcohol motifs (C(OH)–C–C–N with tert-alkyl or cyclic N) is 1. The van der Waals surface area contributed by atoms with E-state index in [4.69, 9.17) is 4.74 Å². The maximum Gasteiger partial charge on any atom is 0.0921 e. The van der Waals surface area contributed by atoms with Gasteiger partial charge in [-0.2, -0.15) is 0 Å². The molecule has 0 saturated carbocycles. The Morgan fingerprint density at radius 3 is 2.41 bits per heavy atom. The van der Waals surface area contributed by atoms with E-state index in [1.54, 1.807) is 0 Å². The fourth-order valence-corrected chi connectivity index (χ4v) is 3.63. The van der Waals surface area contributed by atoms with Crippen molar-refractivity contribution >= 4 is 0 Å². The second-order valence-corrected chi connectivity index (χ2v) is 7.01.